The van der Waals surface area contributed by atoms with Gasteiger partial charge in [-0.15, -0.1) is 0 Å². The van der Waals surface area contributed by atoms with E-state index < -0.39 is 5.97 Å². The molecule has 1 saturated heterocycles. The van der Waals surface area contributed by atoms with Gasteiger partial charge in [0.2, 0.25) is 0 Å². The molecule has 1 fully saturated rings. The molecule has 7 heteroatoms. The number of aryl methyl sites for hydroxylation is 2. The summed E-state index contributed by atoms with van der Waals surface area (Å²) >= 11 is 6.24. The summed E-state index contributed by atoms with van der Waals surface area (Å²) in [5.74, 6) is -0.133. The van der Waals surface area contributed by atoms with E-state index in [0.29, 0.717) is 37.0 Å². The standard InChI is InChI=1S/C22H25ClN2O4/c1-16-7-8-20(17(2)13-16)28-15-22(27)29-14-21(26)25-11-9-24(10-12-25)19-6-4-3-5-18(19)23/h3-8,13H,9-12,14-15H2,1-2H3. The lowest BCUT2D eigenvalue weighted by Gasteiger charge is -2.36. The lowest BCUT2D eigenvalue weighted by molar-refractivity contribution is -0.153. The van der Waals surface area contributed by atoms with Crippen LogP contribution >= 0.6 is 11.6 Å². The van der Waals surface area contributed by atoms with Crippen LogP contribution < -0.4 is 9.64 Å². The lowest BCUT2D eigenvalue weighted by atomic mass is 10.1. The van der Waals surface area contributed by atoms with Crippen LogP contribution in [-0.4, -0.2) is 56.2 Å². The van der Waals surface area contributed by atoms with Crippen molar-refractivity contribution in [1.82, 2.24) is 4.90 Å². The van der Waals surface area contributed by atoms with Crippen LogP contribution in [0.1, 0.15) is 11.1 Å². The first-order valence-corrected chi connectivity index (χ1v) is 9.95. The SMILES string of the molecule is Cc1ccc(OCC(=O)OCC(=O)N2CCN(c3ccccc3Cl)CC2)c(C)c1. The maximum absolute atomic E-state index is 12.3. The average molecular weight is 417 g/mol. The number of rotatable bonds is 6. The number of ether oxygens (including phenoxy) is 2. The van der Waals surface area contributed by atoms with Crippen LogP contribution in [0.25, 0.3) is 0 Å². The van der Waals surface area contributed by atoms with Crippen LogP contribution in [-0.2, 0) is 14.3 Å². The van der Waals surface area contributed by atoms with E-state index in [-0.39, 0.29) is 19.1 Å². The number of anilines is 1. The highest BCUT2D eigenvalue weighted by Gasteiger charge is 2.23. The predicted molar refractivity (Wildman–Crippen MR) is 113 cm³/mol. The van der Waals surface area contributed by atoms with Gasteiger partial charge in [0.15, 0.2) is 13.2 Å². The summed E-state index contributed by atoms with van der Waals surface area (Å²) in [5, 5.41) is 0.699. The molecule has 2 aromatic rings. The van der Waals surface area contributed by atoms with Gasteiger partial charge < -0.3 is 19.3 Å². The minimum atomic E-state index is -0.562. The third kappa shape index (κ3) is 5.64. The number of hydrogen-bond acceptors (Lipinski definition) is 5. The minimum Gasteiger partial charge on any atom is -0.482 e. The van der Waals surface area contributed by atoms with Gasteiger partial charge in [-0.25, -0.2) is 4.79 Å². The number of carbonyl (C=O) groups excluding carboxylic acids is 2. The second-order valence-electron chi connectivity index (χ2n) is 7.04. The highest BCUT2D eigenvalue weighted by molar-refractivity contribution is 6.33. The second-order valence-corrected chi connectivity index (χ2v) is 7.44. The molecule has 0 spiro atoms. The Kier molecular flexibility index (Phi) is 6.99. The van der Waals surface area contributed by atoms with E-state index in [0.717, 1.165) is 16.8 Å². The topological polar surface area (TPSA) is 59.1 Å². The molecular formula is C22H25ClN2O4. The van der Waals surface area contributed by atoms with Crippen molar-refractivity contribution in [1.29, 1.82) is 0 Å². The quantitative estimate of drug-likeness (QED) is 0.677. The van der Waals surface area contributed by atoms with Crippen molar-refractivity contribution in [3.63, 3.8) is 0 Å². The Morgan fingerprint density at radius 3 is 2.41 bits per heavy atom. The van der Waals surface area contributed by atoms with E-state index in [1.807, 2.05) is 56.3 Å². The molecule has 1 heterocycles. The number of halogens is 1. The number of nitrogens with zero attached hydrogens (tertiary/aromatic N) is 2. The average Bonchev–Trinajstić information content (AvgIpc) is 2.72. The fourth-order valence-electron chi connectivity index (χ4n) is 3.28. The number of para-hydroxylation sites is 1. The molecule has 1 amide bonds. The largest absolute Gasteiger partial charge is 0.482 e. The van der Waals surface area contributed by atoms with Crippen molar-refractivity contribution < 1.29 is 19.1 Å². The molecule has 0 N–H and O–H groups in total. The molecule has 0 unspecified atom stereocenters. The Labute approximate surface area is 176 Å². The Hall–Kier alpha value is -2.73. The fourth-order valence-corrected chi connectivity index (χ4v) is 3.53. The van der Waals surface area contributed by atoms with E-state index in [2.05, 4.69) is 4.90 Å². The molecule has 0 atom stereocenters. The van der Waals surface area contributed by atoms with E-state index in [1.165, 1.54) is 0 Å². The highest BCUT2D eigenvalue weighted by atomic mass is 35.5. The molecule has 0 saturated carbocycles. The Bertz CT molecular complexity index is 879. The smallest absolute Gasteiger partial charge is 0.344 e. The summed E-state index contributed by atoms with van der Waals surface area (Å²) in [7, 11) is 0. The van der Waals surface area contributed by atoms with Gasteiger partial charge in [0, 0.05) is 26.2 Å². The molecule has 1 aliphatic heterocycles. The third-order valence-electron chi connectivity index (χ3n) is 4.86. The number of esters is 1. The molecule has 0 radical (unpaired) electrons. The van der Waals surface area contributed by atoms with Crippen LogP contribution in [0.3, 0.4) is 0 Å². The lowest BCUT2D eigenvalue weighted by Crippen LogP contribution is -2.50. The summed E-state index contributed by atoms with van der Waals surface area (Å²) in [6.07, 6.45) is 0. The van der Waals surface area contributed by atoms with Crippen LogP contribution in [0.5, 0.6) is 5.75 Å². The van der Waals surface area contributed by atoms with E-state index in [1.54, 1.807) is 4.90 Å². The van der Waals surface area contributed by atoms with Crippen molar-refractivity contribution >= 4 is 29.2 Å². The van der Waals surface area contributed by atoms with Crippen molar-refractivity contribution in [3.8, 4) is 5.75 Å². The Morgan fingerprint density at radius 2 is 1.72 bits per heavy atom. The second kappa shape index (κ2) is 9.65. The predicted octanol–water partition coefficient (Wildman–Crippen LogP) is 3.23. The van der Waals surface area contributed by atoms with Crippen LogP contribution in [0.15, 0.2) is 42.5 Å². The molecule has 1 aliphatic rings. The Morgan fingerprint density at radius 1 is 1.00 bits per heavy atom. The van der Waals surface area contributed by atoms with Gasteiger partial charge in [-0.3, -0.25) is 4.79 Å². The summed E-state index contributed by atoms with van der Waals surface area (Å²) in [5.41, 5.74) is 3.04. The first-order chi connectivity index (χ1) is 13.9. The third-order valence-corrected chi connectivity index (χ3v) is 5.18. The van der Waals surface area contributed by atoms with Gasteiger partial charge in [-0.1, -0.05) is 41.4 Å². The van der Waals surface area contributed by atoms with Crippen molar-refractivity contribution in [2.24, 2.45) is 0 Å². The highest BCUT2D eigenvalue weighted by Crippen LogP contribution is 2.26. The number of amides is 1. The normalized spacial score (nSPS) is 13.9. The number of piperazine rings is 1. The van der Waals surface area contributed by atoms with Gasteiger partial charge in [-0.2, -0.15) is 0 Å². The number of hydrogen-bond donors (Lipinski definition) is 0. The van der Waals surface area contributed by atoms with Gasteiger partial charge in [0.1, 0.15) is 5.75 Å². The molecule has 0 bridgehead atoms. The summed E-state index contributed by atoms with van der Waals surface area (Å²) in [6, 6.07) is 13.4. The molecule has 0 aromatic heterocycles. The van der Waals surface area contributed by atoms with Crippen molar-refractivity contribution in [2.75, 3.05) is 44.3 Å². The first kappa shape index (κ1) is 21.0. The molecule has 6 nitrogen and oxygen atoms in total. The van der Waals surface area contributed by atoms with E-state index >= 15 is 0 Å². The maximum atomic E-state index is 12.3. The Balaban J connectivity index is 1.40. The van der Waals surface area contributed by atoms with E-state index in [9.17, 15) is 9.59 Å². The van der Waals surface area contributed by atoms with E-state index in [4.69, 9.17) is 21.1 Å². The zero-order valence-corrected chi connectivity index (χ0v) is 17.4. The van der Waals surface area contributed by atoms with Crippen molar-refractivity contribution in [3.05, 3.63) is 58.6 Å². The molecule has 3 rings (SSSR count). The summed E-state index contributed by atoms with van der Waals surface area (Å²) in [4.78, 5) is 28.1. The van der Waals surface area contributed by atoms with Crippen LogP contribution in [0, 0.1) is 13.8 Å². The number of benzene rings is 2. The zero-order chi connectivity index (χ0) is 20.8. The van der Waals surface area contributed by atoms with Gasteiger partial charge in [0.05, 0.1) is 10.7 Å². The molecule has 154 valence electrons. The monoisotopic (exact) mass is 416 g/mol. The minimum absolute atomic E-state index is 0.205. The molecular weight excluding hydrogens is 392 g/mol. The summed E-state index contributed by atoms with van der Waals surface area (Å²) in [6.45, 7) is 5.88. The van der Waals surface area contributed by atoms with Crippen molar-refractivity contribution in [2.45, 2.75) is 13.8 Å². The fraction of sp³-hybridized carbons (Fsp3) is 0.364. The van der Waals surface area contributed by atoms with Gasteiger partial charge in [-0.05, 0) is 37.6 Å². The first-order valence-electron chi connectivity index (χ1n) is 9.57. The molecule has 2 aromatic carbocycles. The van der Waals surface area contributed by atoms with Crippen LogP contribution in [0.2, 0.25) is 5.02 Å². The van der Waals surface area contributed by atoms with Crippen LogP contribution in [0.4, 0.5) is 5.69 Å². The zero-order valence-electron chi connectivity index (χ0n) is 16.7. The van der Waals surface area contributed by atoms with Gasteiger partial charge >= 0.3 is 5.97 Å². The molecule has 29 heavy (non-hydrogen) atoms. The van der Waals surface area contributed by atoms with Gasteiger partial charge in [0.25, 0.3) is 5.91 Å². The number of carbonyl (C=O) groups is 2. The summed E-state index contributed by atoms with van der Waals surface area (Å²) < 4.78 is 10.6. The molecule has 0 aliphatic carbocycles. The maximum Gasteiger partial charge on any atom is 0.344 e.